The molecule has 0 unspecified atom stereocenters. The smallest absolute Gasteiger partial charge is 0.259 e. The number of nitrogens with one attached hydrogen (secondary N) is 2. The third-order valence-electron chi connectivity index (χ3n) is 4.66. The van der Waals surface area contributed by atoms with E-state index in [9.17, 15) is 9.59 Å². The molecule has 0 aliphatic carbocycles. The number of methoxy groups -OCH3 is 2. The summed E-state index contributed by atoms with van der Waals surface area (Å²) < 4.78 is 17.1. The molecule has 3 rings (SSSR count). The van der Waals surface area contributed by atoms with Crippen molar-refractivity contribution >= 4 is 34.0 Å². The van der Waals surface area contributed by atoms with Crippen molar-refractivity contribution in [2.75, 3.05) is 20.8 Å². The molecule has 0 fully saturated rings. The molecule has 34 heavy (non-hydrogen) atoms. The molecule has 0 saturated carbocycles. The summed E-state index contributed by atoms with van der Waals surface area (Å²) in [7, 11) is 2.99. The molecule has 176 valence electrons. The maximum absolute atomic E-state index is 12.3. The maximum Gasteiger partial charge on any atom is 0.259 e. The zero-order valence-corrected chi connectivity index (χ0v) is 20.3. The molecule has 2 N–H and O–H groups in total. The predicted octanol–water partition coefficient (Wildman–Crippen LogP) is 3.93. The van der Waals surface area contributed by atoms with Crippen LogP contribution in [-0.2, 0) is 11.4 Å². The van der Waals surface area contributed by atoms with Crippen molar-refractivity contribution in [3.63, 3.8) is 0 Å². The van der Waals surface area contributed by atoms with E-state index >= 15 is 0 Å². The van der Waals surface area contributed by atoms with Gasteiger partial charge in [0.1, 0.15) is 12.4 Å². The van der Waals surface area contributed by atoms with Crippen molar-refractivity contribution in [1.82, 2.24) is 10.7 Å². The SMILES string of the molecule is COc1ccc(C(=O)NCC(=O)N/N=C\c2cc(Br)ccc2OCc2ccccc2)cc1OC. The lowest BCUT2D eigenvalue weighted by atomic mass is 10.2. The fourth-order valence-electron chi connectivity index (χ4n) is 2.94. The number of rotatable bonds is 10. The molecule has 8 nitrogen and oxygen atoms in total. The van der Waals surface area contributed by atoms with Crippen LogP contribution in [0.2, 0.25) is 0 Å². The minimum atomic E-state index is -0.480. The molecule has 0 saturated heterocycles. The van der Waals surface area contributed by atoms with Crippen molar-refractivity contribution in [2.45, 2.75) is 6.61 Å². The van der Waals surface area contributed by atoms with E-state index in [1.165, 1.54) is 26.5 Å². The Morgan fingerprint density at radius 1 is 0.941 bits per heavy atom. The molecular formula is C25H24BrN3O5. The van der Waals surface area contributed by atoms with Gasteiger partial charge in [-0.15, -0.1) is 0 Å². The summed E-state index contributed by atoms with van der Waals surface area (Å²) in [5, 5.41) is 6.53. The molecule has 0 heterocycles. The summed E-state index contributed by atoms with van der Waals surface area (Å²) in [5.74, 6) is 0.636. The molecular weight excluding hydrogens is 502 g/mol. The Labute approximate surface area is 206 Å². The molecule has 0 aliphatic heterocycles. The van der Waals surface area contributed by atoms with Crippen molar-refractivity contribution in [1.29, 1.82) is 0 Å². The standard InChI is InChI=1S/C25H24BrN3O5/c1-32-22-10-8-18(13-23(22)33-2)25(31)27-15-24(30)29-28-14-19-12-20(26)9-11-21(19)34-16-17-6-4-3-5-7-17/h3-14H,15-16H2,1-2H3,(H,27,31)(H,29,30)/b28-14-. The topological polar surface area (TPSA) is 98.2 Å². The average Bonchev–Trinajstić information content (AvgIpc) is 2.87. The van der Waals surface area contributed by atoms with Crippen LogP contribution in [0.4, 0.5) is 0 Å². The van der Waals surface area contributed by atoms with Crippen molar-refractivity contribution in [3.05, 3.63) is 87.9 Å². The fourth-order valence-corrected chi connectivity index (χ4v) is 3.32. The first kappa shape index (κ1) is 24.8. The van der Waals surface area contributed by atoms with Gasteiger partial charge in [-0.3, -0.25) is 9.59 Å². The summed E-state index contributed by atoms with van der Waals surface area (Å²) in [6.07, 6.45) is 1.49. The van der Waals surface area contributed by atoms with Gasteiger partial charge in [-0.1, -0.05) is 46.3 Å². The third-order valence-corrected chi connectivity index (χ3v) is 5.15. The molecule has 3 aromatic rings. The Morgan fingerprint density at radius 2 is 1.68 bits per heavy atom. The predicted molar refractivity (Wildman–Crippen MR) is 133 cm³/mol. The van der Waals surface area contributed by atoms with Crippen molar-refractivity contribution in [3.8, 4) is 17.2 Å². The van der Waals surface area contributed by atoms with Gasteiger partial charge in [0.25, 0.3) is 11.8 Å². The summed E-state index contributed by atoms with van der Waals surface area (Å²) in [6, 6.07) is 20.0. The van der Waals surface area contributed by atoms with Gasteiger partial charge >= 0.3 is 0 Å². The number of hydrogen-bond acceptors (Lipinski definition) is 6. The lowest BCUT2D eigenvalue weighted by molar-refractivity contribution is -0.120. The van der Waals surface area contributed by atoms with Gasteiger partial charge < -0.3 is 19.5 Å². The van der Waals surface area contributed by atoms with Crippen LogP contribution in [0.5, 0.6) is 17.2 Å². The summed E-state index contributed by atoms with van der Waals surface area (Å²) in [5.41, 5.74) is 4.45. The van der Waals surface area contributed by atoms with E-state index < -0.39 is 11.8 Å². The van der Waals surface area contributed by atoms with Crippen molar-refractivity contribution < 1.29 is 23.8 Å². The van der Waals surface area contributed by atoms with E-state index in [1.807, 2.05) is 48.5 Å². The third kappa shape index (κ3) is 7.08. The van der Waals surface area contributed by atoms with E-state index in [2.05, 4.69) is 31.8 Å². The van der Waals surface area contributed by atoms with E-state index in [0.717, 1.165) is 10.0 Å². The fraction of sp³-hybridized carbons (Fsp3) is 0.160. The van der Waals surface area contributed by atoms with Crippen LogP contribution in [-0.4, -0.2) is 38.8 Å². The lowest BCUT2D eigenvalue weighted by Crippen LogP contribution is -2.34. The number of carbonyl (C=O) groups is 2. The van der Waals surface area contributed by atoms with Crippen LogP contribution in [0.25, 0.3) is 0 Å². The highest BCUT2D eigenvalue weighted by Crippen LogP contribution is 2.27. The van der Waals surface area contributed by atoms with Gasteiger partial charge in [0, 0.05) is 15.6 Å². The zero-order chi connectivity index (χ0) is 24.3. The Morgan fingerprint density at radius 3 is 2.41 bits per heavy atom. The van der Waals surface area contributed by atoms with E-state index in [4.69, 9.17) is 14.2 Å². The van der Waals surface area contributed by atoms with Crippen LogP contribution in [0.3, 0.4) is 0 Å². The highest BCUT2D eigenvalue weighted by Gasteiger charge is 2.12. The highest BCUT2D eigenvalue weighted by molar-refractivity contribution is 9.10. The second-order valence-electron chi connectivity index (χ2n) is 7.00. The molecule has 9 heteroatoms. The minimum Gasteiger partial charge on any atom is -0.493 e. The summed E-state index contributed by atoms with van der Waals surface area (Å²) in [4.78, 5) is 24.5. The first-order valence-corrected chi connectivity index (χ1v) is 11.1. The molecule has 0 spiro atoms. The van der Waals surface area contributed by atoms with Gasteiger partial charge in [0.15, 0.2) is 11.5 Å². The first-order chi connectivity index (χ1) is 16.5. The van der Waals surface area contributed by atoms with Crippen LogP contribution in [0.1, 0.15) is 21.5 Å². The average molecular weight is 526 g/mol. The van der Waals surface area contributed by atoms with Gasteiger partial charge in [-0.25, -0.2) is 5.43 Å². The number of benzene rings is 3. The Bertz CT molecular complexity index is 1170. The van der Waals surface area contributed by atoms with Crippen LogP contribution in [0.15, 0.2) is 76.3 Å². The van der Waals surface area contributed by atoms with E-state index in [-0.39, 0.29) is 6.54 Å². The van der Waals surface area contributed by atoms with E-state index in [1.54, 1.807) is 12.1 Å². The largest absolute Gasteiger partial charge is 0.493 e. The Kier molecular flexibility index (Phi) is 9.04. The van der Waals surface area contributed by atoms with Crippen LogP contribution < -0.4 is 25.0 Å². The number of nitrogens with zero attached hydrogens (tertiary/aromatic N) is 1. The van der Waals surface area contributed by atoms with Crippen LogP contribution in [0, 0.1) is 0 Å². The normalized spacial score (nSPS) is 10.6. The molecule has 0 aliphatic rings. The Hall–Kier alpha value is -3.85. The number of amides is 2. The highest BCUT2D eigenvalue weighted by atomic mass is 79.9. The van der Waals surface area contributed by atoms with Gasteiger partial charge in [0.05, 0.1) is 27.0 Å². The Balaban J connectivity index is 1.54. The van der Waals surface area contributed by atoms with Gasteiger partial charge in [0.2, 0.25) is 0 Å². The monoisotopic (exact) mass is 525 g/mol. The number of halogens is 1. The second-order valence-corrected chi connectivity index (χ2v) is 7.92. The molecule has 0 aromatic heterocycles. The quantitative estimate of drug-likeness (QED) is 0.308. The molecule has 2 amide bonds. The maximum atomic E-state index is 12.3. The molecule has 0 radical (unpaired) electrons. The van der Waals surface area contributed by atoms with Gasteiger partial charge in [-0.05, 0) is 42.0 Å². The molecule has 3 aromatic carbocycles. The number of hydrogen-bond donors (Lipinski definition) is 2. The first-order valence-electron chi connectivity index (χ1n) is 10.3. The minimum absolute atomic E-state index is 0.250. The van der Waals surface area contributed by atoms with E-state index in [0.29, 0.717) is 35.0 Å². The number of carbonyl (C=O) groups excluding carboxylic acids is 2. The zero-order valence-electron chi connectivity index (χ0n) is 18.7. The van der Waals surface area contributed by atoms with Crippen LogP contribution >= 0.6 is 15.9 Å². The number of ether oxygens (including phenoxy) is 3. The molecule has 0 atom stereocenters. The lowest BCUT2D eigenvalue weighted by Gasteiger charge is -2.10. The van der Waals surface area contributed by atoms with Crippen molar-refractivity contribution in [2.24, 2.45) is 5.10 Å². The number of hydrazone groups is 1. The summed E-state index contributed by atoms with van der Waals surface area (Å²) in [6.45, 7) is 0.151. The molecule has 0 bridgehead atoms. The van der Waals surface area contributed by atoms with Gasteiger partial charge in [-0.2, -0.15) is 5.10 Å². The summed E-state index contributed by atoms with van der Waals surface area (Å²) >= 11 is 3.43. The second kappa shape index (κ2) is 12.4.